The van der Waals surface area contributed by atoms with Crippen LogP contribution in [0.15, 0.2) is 67.0 Å². The average molecular weight is 604 g/mol. The van der Waals surface area contributed by atoms with E-state index in [9.17, 15) is 14.0 Å². The number of aromatic nitrogens is 2. The molecule has 2 aromatic heterocycles. The monoisotopic (exact) mass is 603 g/mol. The number of primary amides is 1. The Hall–Kier alpha value is -4.68. The van der Waals surface area contributed by atoms with Crippen LogP contribution in [-0.2, 0) is 14.3 Å². The molecule has 3 heterocycles. The molecule has 2 fully saturated rings. The number of carbonyl (C=O) groups excluding carboxylic acids is 2. The Morgan fingerprint density at radius 1 is 1.02 bits per heavy atom. The quantitative estimate of drug-likeness (QED) is 0.259. The number of morpholine rings is 1. The summed E-state index contributed by atoms with van der Waals surface area (Å²) >= 11 is 0. The molecule has 0 radical (unpaired) electrons. The molecule has 2 aliphatic rings. The van der Waals surface area contributed by atoms with E-state index in [4.69, 9.17) is 19.9 Å². The predicted molar refractivity (Wildman–Crippen MR) is 158 cm³/mol. The van der Waals surface area contributed by atoms with Crippen LogP contribution >= 0.6 is 0 Å². The highest BCUT2D eigenvalue weighted by molar-refractivity contribution is 6.16. The van der Waals surface area contributed by atoms with Crippen molar-refractivity contribution < 1.29 is 32.6 Å². The number of fused-ring (bicyclic) bond motifs is 1. The van der Waals surface area contributed by atoms with Gasteiger partial charge in [0.2, 0.25) is 17.7 Å². The largest absolute Gasteiger partial charge is 0.473 e. The van der Waals surface area contributed by atoms with Crippen LogP contribution < -0.4 is 20.1 Å². The van der Waals surface area contributed by atoms with Gasteiger partial charge in [0, 0.05) is 49.8 Å². The van der Waals surface area contributed by atoms with Crippen molar-refractivity contribution in [3.05, 3.63) is 78.6 Å². The molecule has 10 nitrogen and oxygen atoms in total. The lowest BCUT2D eigenvalue weighted by Crippen LogP contribution is -2.41. The highest BCUT2D eigenvalue weighted by atomic mass is 19.1. The second-order valence-electron chi connectivity index (χ2n) is 11.0. The van der Waals surface area contributed by atoms with Crippen LogP contribution in [0.25, 0.3) is 10.9 Å². The van der Waals surface area contributed by atoms with Gasteiger partial charge in [0.25, 0.3) is 0 Å². The fourth-order valence-corrected chi connectivity index (χ4v) is 5.25. The van der Waals surface area contributed by atoms with E-state index in [-0.39, 0.29) is 36.1 Å². The molecular formula is C32H31F2N5O5. The molecule has 1 aliphatic heterocycles. The van der Waals surface area contributed by atoms with Crippen LogP contribution in [0.3, 0.4) is 0 Å². The standard InChI is InChI=1S/C32H31F2N5O5/c1-20(19-38-12-14-42-15-13-38)43-29-17-26-24(18-37-29)27(8-11-36-26)44-28-7-6-23(16-25(28)34)39(22-4-2-21(33)3-5-22)31(41)32(9-10-32)30(35)40/h2-8,11,16-18,20H,9-10,12-15,19H2,1H3,(H2,35,40). The Kier molecular flexibility index (Phi) is 8.11. The summed E-state index contributed by atoms with van der Waals surface area (Å²) in [5.41, 5.74) is 5.11. The SMILES string of the molecule is CC(CN1CCOCC1)Oc1cc2nccc(Oc3ccc(N(C(=O)C4(C(N)=O)CC4)c4ccc(F)cc4)cc3F)c2cn1. The first-order valence-corrected chi connectivity index (χ1v) is 14.3. The van der Waals surface area contributed by atoms with E-state index < -0.39 is 28.9 Å². The summed E-state index contributed by atoms with van der Waals surface area (Å²) in [5.74, 6) is -2.01. The van der Waals surface area contributed by atoms with Gasteiger partial charge < -0.3 is 19.9 Å². The van der Waals surface area contributed by atoms with E-state index >= 15 is 4.39 Å². The molecule has 1 aliphatic carbocycles. The minimum absolute atomic E-state index is 0.107. The van der Waals surface area contributed by atoms with Crippen molar-refractivity contribution in [1.82, 2.24) is 14.9 Å². The van der Waals surface area contributed by atoms with Crippen molar-refractivity contribution in [3.8, 4) is 17.4 Å². The first-order valence-electron chi connectivity index (χ1n) is 14.3. The number of hydrogen-bond donors (Lipinski definition) is 1. The van der Waals surface area contributed by atoms with Crippen LogP contribution in [0.1, 0.15) is 19.8 Å². The third kappa shape index (κ3) is 6.03. The number of carbonyl (C=O) groups is 2. The zero-order chi connectivity index (χ0) is 30.8. The maximum absolute atomic E-state index is 15.5. The highest BCUT2D eigenvalue weighted by Gasteiger charge is 2.57. The number of nitrogens with two attached hydrogens (primary N) is 1. The molecule has 0 spiro atoms. The van der Waals surface area contributed by atoms with Crippen molar-refractivity contribution >= 4 is 34.1 Å². The molecule has 1 atom stereocenters. The Balaban J connectivity index is 1.23. The van der Waals surface area contributed by atoms with E-state index in [1.165, 1.54) is 41.3 Å². The van der Waals surface area contributed by atoms with Crippen molar-refractivity contribution in [2.45, 2.75) is 25.9 Å². The van der Waals surface area contributed by atoms with Gasteiger partial charge in [-0.3, -0.25) is 24.4 Å². The molecule has 2 aromatic carbocycles. The van der Waals surface area contributed by atoms with Gasteiger partial charge in [-0.2, -0.15) is 0 Å². The van der Waals surface area contributed by atoms with Crippen molar-refractivity contribution in [3.63, 3.8) is 0 Å². The Bertz CT molecular complexity index is 1690. The molecule has 6 rings (SSSR count). The number of nitrogens with zero attached hydrogens (tertiary/aromatic N) is 4. The lowest BCUT2D eigenvalue weighted by Gasteiger charge is -2.29. The average Bonchev–Trinajstić information content (AvgIpc) is 3.83. The zero-order valence-electron chi connectivity index (χ0n) is 24.0. The summed E-state index contributed by atoms with van der Waals surface area (Å²) in [6.45, 7) is 5.84. The lowest BCUT2D eigenvalue weighted by molar-refractivity contribution is -0.133. The maximum Gasteiger partial charge on any atom is 0.247 e. The van der Waals surface area contributed by atoms with E-state index in [0.29, 0.717) is 35.7 Å². The molecule has 1 saturated heterocycles. The van der Waals surface area contributed by atoms with Gasteiger partial charge in [-0.1, -0.05) is 0 Å². The first kappa shape index (κ1) is 29.4. The number of anilines is 2. The molecule has 228 valence electrons. The molecule has 2 amide bonds. The van der Waals surface area contributed by atoms with E-state index in [2.05, 4.69) is 14.9 Å². The second-order valence-corrected chi connectivity index (χ2v) is 11.0. The molecule has 44 heavy (non-hydrogen) atoms. The number of benzene rings is 2. The maximum atomic E-state index is 15.5. The van der Waals surface area contributed by atoms with Gasteiger partial charge in [0.15, 0.2) is 11.6 Å². The topological polar surface area (TPSA) is 120 Å². The zero-order valence-corrected chi connectivity index (χ0v) is 24.0. The highest BCUT2D eigenvalue weighted by Crippen LogP contribution is 2.49. The predicted octanol–water partition coefficient (Wildman–Crippen LogP) is 4.73. The fraction of sp³-hybridized carbons (Fsp3) is 0.312. The van der Waals surface area contributed by atoms with E-state index in [1.807, 2.05) is 6.92 Å². The van der Waals surface area contributed by atoms with E-state index in [0.717, 1.165) is 25.7 Å². The number of pyridine rings is 2. The number of amides is 2. The van der Waals surface area contributed by atoms with Gasteiger partial charge in [-0.05, 0) is 62.2 Å². The third-order valence-electron chi connectivity index (χ3n) is 7.82. The van der Waals surface area contributed by atoms with Gasteiger partial charge in [0.05, 0.1) is 29.8 Å². The molecule has 2 N–H and O–H groups in total. The fourth-order valence-electron chi connectivity index (χ4n) is 5.25. The summed E-state index contributed by atoms with van der Waals surface area (Å²) in [5, 5.41) is 0.546. The van der Waals surface area contributed by atoms with Gasteiger partial charge in [0.1, 0.15) is 23.1 Å². The number of halogens is 2. The Morgan fingerprint density at radius 2 is 1.75 bits per heavy atom. The van der Waals surface area contributed by atoms with Crippen LogP contribution in [0.5, 0.6) is 17.4 Å². The summed E-state index contributed by atoms with van der Waals surface area (Å²) in [7, 11) is 0. The minimum atomic E-state index is -1.38. The second kappa shape index (κ2) is 12.1. The van der Waals surface area contributed by atoms with Gasteiger partial charge >= 0.3 is 0 Å². The van der Waals surface area contributed by atoms with Crippen molar-refractivity contribution in [2.24, 2.45) is 11.1 Å². The van der Waals surface area contributed by atoms with Crippen LogP contribution in [0, 0.1) is 17.0 Å². The Morgan fingerprint density at radius 3 is 2.43 bits per heavy atom. The molecule has 1 unspecified atom stereocenters. The molecule has 12 heteroatoms. The molecule has 0 bridgehead atoms. The summed E-state index contributed by atoms with van der Waals surface area (Å²) in [6.07, 6.45) is 3.56. The van der Waals surface area contributed by atoms with Crippen molar-refractivity contribution in [2.75, 3.05) is 37.7 Å². The first-order chi connectivity index (χ1) is 21.2. The van der Waals surface area contributed by atoms with Crippen LogP contribution in [0.4, 0.5) is 20.2 Å². The molecule has 4 aromatic rings. The Labute approximate surface area is 252 Å². The minimum Gasteiger partial charge on any atom is -0.473 e. The van der Waals surface area contributed by atoms with Crippen molar-refractivity contribution in [1.29, 1.82) is 0 Å². The normalized spacial score (nSPS) is 16.7. The van der Waals surface area contributed by atoms with Gasteiger partial charge in [-0.15, -0.1) is 0 Å². The summed E-state index contributed by atoms with van der Waals surface area (Å²) < 4.78 is 46.5. The lowest BCUT2D eigenvalue weighted by atomic mass is 10.0. The van der Waals surface area contributed by atoms with Crippen LogP contribution in [0.2, 0.25) is 0 Å². The number of rotatable bonds is 10. The molecular weight excluding hydrogens is 572 g/mol. The summed E-state index contributed by atoms with van der Waals surface area (Å²) in [4.78, 5) is 37.9. The smallest absolute Gasteiger partial charge is 0.247 e. The van der Waals surface area contributed by atoms with E-state index in [1.54, 1.807) is 24.5 Å². The van der Waals surface area contributed by atoms with Crippen LogP contribution in [-0.4, -0.2) is 65.6 Å². The number of ether oxygens (including phenoxy) is 3. The molecule has 1 saturated carbocycles. The number of hydrogen-bond acceptors (Lipinski definition) is 8. The summed E-state index contributed by atoms with van der Waals surface area (Å²) in [6, 6.07) is 12.4. The third-order valence-corrected chi connectivity index (χ3v) is 7.82. The van der Waals surface area contributed by atoms with Gasteiger partial charge in [-0.25, -0.2) is 13.8 Å².